The van der Waals surface area contributed by atoms with Crippen molar-refractivity contribution in [2.45, 2.75) is 13.8 Å². The number of aryl methyl sites for hydroxylation is 2. The van der Waals surface area contributed by atoms with Crippen molar-refractivity contribution in [2.75, 3.05) is 0 Å². The Hall–Kier alpha value is -0.940. The van der Waals surface area contributed by atoms with Gasteiger partial charge in [-0.2, -0.15) is 9.78 Å². The molecule has 2 rings (SSSR count). The largest absolute Gasteiger partial charge is 0.286 e. The molecule has 0 aliphatic carbocycles. The van der Waals surface area contributed by atoms with Gasteiger partial charge in [-0.25, -0.2) is 0 Å². The molecule has 0 amide bonds. The zero-order valence-electron chi connectivity index (χ0n) is 9.37. The number of benzene rings is 1. The van der Waals surface area contributed by atoms with Crippen LogP contribution in [0, 0.1) is 13.8 Å². The fraction of sp³-hybridized carbons (Fsp3) is 0.167. The summed E-state index contributed by atoms with van der Waals surface area (Å²) >= 11 is 6.51. The molecule has 0 aliphatic heterocycles. The van der Waals surface area contributed by atoms with Gasteiger partial charge in [-0.3, -0.25) is 4.79 Å². The van der Waals surface area contributed by atoms with Gasteiger partial charge in [0.1, 0.15) is 4.47 Å². The number of rotatable bonds is 1. The minimum absolute atomic E-state index is 0.175. The van der Waals surface area contributed by atoms with Crippen molar-refractivity contribution in [1.29, 1.82) is 0 Å². The summed E-state index contributed by atoms with van der Waals surface area (Å²) in [5.74, 6) is 0. The summed E-state index contributed by atoms with van der Waals surface area (Å²) in [5.41, 5.74) is 2.81. The molecule has 0 bridgehead atoms. The zero-order valence-corrected chi connectivity index (χ0v) is 12.5. The lowest BCUT2D eigenvalue weighted by atomic mass is 10.1. The average molecular weight is 358 g/mol. The molecular formula is C12H10Br2N2O. The highest BCUT2D eigenvalue weighted by Crippen LogP contribution is 2.19. The number of hydrogen-bond donors (Lipinski definition) is 0. The average Bonchev–Trinajstić information content (AvgIpc) is 2.28. The fourth-order valence-corrected chi connectivity index (χ4v) is 2.16. The molecule has 0 fully saturated rings. The summed E-state index contributed by atoms with van der Waals surface area (Å²) in [7, 11) is 0. The number of hydrogen-bond acceptors (Lipinski definition) is 2. The number of nitrogens with zero attached hydrogens (tertiary/aromatic N) is 2. The number of halogens is 2. The van der Waals surface area contributed by atoms with Gasteiger partial charge in [0, 0.05) is 0 Å². The van der Waals surface area contributed by atoms with Gasteiger partial charge in [-0.15, -0.1) is 0 Å². The lowest BCUT2D eigenvalue weighted by Crippen LogP contribution is -2.22. The van der Waals surface area contributed by atoms with Crippen molar-refractivity contribution in [3.05, 3.63) is 54.8 Å². The maximum Gasteiger partial charge on any atom is 0.286 e. The Labute approximate surface area is 116 Å². The van der Waals surface area contributed by atoms with E-state index < -0.39 is 0 Å². The Kier molecular flexibility index (Phi) is 3.49. The molecule has 0 unspecified atom stereocenters. The molecule has 88 valence electrons. The van der Waals surface area contributed by atoms with Crippen molar-refractivity contribution >= 4 is 31.9 Å². The Balaban J connectivity index is 2.70. The SMILES string of the molecule is Cc1ccc(-n2ncc(Br)c(Br)c2=O)c(C)c1. The Morgan fingerprint density at radius 1 is 1.24 bits per heavy atom. The van der Waals surface area contributed by atoms with E-state index in [0.717, 1.165) is 16.8 Å². The van der Waals surface area contributed by atoms with Crippen LogP contribution in [0.1, 0.15) is 11.1 Å². The van der Waals surface area contributed by atoms with Gasteiger partial charge in [0.25, 0.3) is 5.56 Å². The van der Waals surface area contributed by atoms with E-state index in [1.165, 1.54) is 4.68 Å². The monoisotopic (exact) mass is 356 g/mol. The second-order valence-electron chi connectivity index (χ2n) is 3.81. The van der Waals surface area contributed by atoms with Gasteiger partial charge in [0.15, 0.2) is 0 Å². The second kappa shape index (κ2) is 4.74. The van der Waals surface area contributed by atoms with E-state index in [2.05, 4.69) is 37.0 Å². The molecule has 0 aliphatic rings. The molecule has 1 aromatic heterocycles. The zero-order chi connectivity index (χ0) is 12.6. The van der Waals surface area contributed by atoms with E-state index in [1.807, 2.05) is 32.0 Å². The minimum atomic E-state index is -0.175. The first-order chi connectivity index (χ1) is 8.00. The van der Waals surface area contributed by atoms with E-state index in [1.54, 1.807) is 6.20 Å². The highest BCUT2D eigenvalue weighted by atomic mass is 79.9. The van der Waals surface area contributed by atoms with Crippen LogP contribution in [-0.4, -0.2) is 9.78 Å². The maximum atomic E-state index is 12.1. The molecule has 1 aromatic carbocycles. The smallest absolute Gasteiger partial charge is 0.266 e. The second-order valence-corrected chi connectivity index (χ2v) is 5.46. The highest BCUT2D eigenvalue weighted by molar-refractivity contribution is 9.13. The van der Waals surface area contributed by atoms with Gasteiger partial charge >= 0.3 is 0 Å². The molecule has 1 heterocycles. The standard InChI is InChI=1S/C12H10Br2N2O/c1-7-3-4-10(8(2)5-7)16-12(17)11(14)9(13)6-15-16/h3-6H,1-2H3. The third kappa shape index (κ3) is 2.35. The molecule has 5 heteroatoms. The van der Waals surface area contributed by atoms with Crippen LogP contribution in [0.25, 0.3) is 5.69 Å². The Morgan fingerprint density at radius 2 is 1.94 bits per heavy atom. The number of aromatic nitrogens is 2. The fourth-order valence-electron chi connectivity index (χ4n) is 1.63. The normalized spacial score (nSPS) is 10.6. The van der Waals surface area contributed by atoms with Gasteiger partial charge < -0.3 is 0 Å². The summed E-state index contributed by atoms with van der Waals surface area (Å²) < 4.78 is 2.53. The summed E-state index contributed by atoms with van der Waals surface area (Å²) in [5, 5.41) is 4.13. The molecule has 0 atom stereocenters. The summed E-state index contributed by atoms with van der Waals surface area (Å²) in [4.78, 5) is 12.1. The maximum absolute atomic E-state index is 12.1. The Morgan fingerprint density at radius 3 is 2.59 bits per heavy atom. The molecule has 2 aromatic rings. The molecule has 3 nitrogen and oxygen atoms in total. The topological polar surface area (TPSA) is 34.9 Å². The van der Waals surface area contributed by atoms with Gasteiger partial charge in [-0.05, 0) is 57.3 Å². The highest BCUT2D eigenvalue weighted by Gasteiger charge is 2.09. The molecule has 17 heavy (non-hydrogen) atoms. The quantitative estimate of drug-likeness (QED) is 0.784. The van der Waals surface area contributed by atoms with E-state index in [-0.39, 0.29) is 5.56 Å². The predicted octanol–water partition coefficient (Wildman–Crippen LogP) is 3.37. The Bertz CT molecular complexity index is 635. The van der Waals surface area contributed by atoms with E-state index in [9.17, 15) is 4.79 Å². The van der Waals surface area contributed by atoms with E-state index in [0.29, 0.717) is 8.95 Å². The van der Waals surface area contributed by atoms with Crippen molar-refractivity contribution in [1.82, 2.24) is 9.78 Å². The first-order valence-electron chi connectivity index (χ1n) is 5.01. The van der Waals surface area contributed by atoms with Crippen LogP contribution in [0.4, 0.5) is 0 Å². The molecule has 0 saturated heterocycles. The molecule has 0 saturated carbocycles. The molecule has 0 N–H and O–H groups in total. The van der Waals surface area contributed by atoms with Crippen molar-refractivity contribution in [2.24, 2.45) is 0 Å². The van der Waals surface area contributed by atoms with Gasteiger partial charge in [0.05, 0.1) is 16.4 Å². The van der Waals surface area contributed by atoms with E-state index in [4.69, 9.17) is 0 Å². The first-order valence-corrected chi connectivity index (χ1v) is 6.60. The summed E-state index contributed by atoms with van der Waals surface area (Å²) in [6, 6.07) is 5.89. The molecule has 0 radical (unpaired) electrons. The third-order valence-corrected chi connectivity index (χ3v) is 4.36. The van der Waals surface area contributed by atoms with Gasteiger partial charge in [-0.1, -0.05) is 17.7 Å². The van der Waals surface area contributed by atoms with Crippen molar-refractivity contribution < 1.29 is 0 Å². The van der Waals surface area contributed by atoms with Crippen LogP contribution in [0.2, 0.25) is 0 Å². The summed E-state index contributed by atoms with van der Waals surface area (Å²) in [6.45, 7) is 3.98. The minimum Gasteiger partial charge on any atom is -0.266 e. The first kappa shape index (κ1) is 12.5. The lowest BCUT2D eigenvalue weighted by Gasteiger charge is -2.09. The third-order valence-electron chi connectivity index (χ3n) is 2.46. The lowest BCUT2D eigenvalue weighted by molar-refractivity contribution is 0.790. The van der Waals surface area contributed by atoms with Crippen molar-refractivity contribution in [3.8, 4) is 5.69 Å². The molecule has 0 spiro atoms. The molecular weight excluding hydrogens is 348 g/mol. The van der Waals surface area contributed by atoms with Crippen LogP contribution >= 0.6 is 31.9 Å². The van der Waals surface area contributed by atoms with E-state index >= 15 is 0 Å². The summed E-state index contributed by atoms with van der Waals surface area (Å²) in [6.07, 6.45) is 1.60. The van der Waals surface area contributed by atoms with Crippen LogP contribution in [0.3, 0.4) is 0 Å². The van der Waals surface area contributed by atoms with Gasteiger partial charge in [0.2, 0.25) is 0 Å². The van der Waals surface area contributed by atoms with Crippen molar-refractivity contribution in [3.63, 3.8) is 0 Å². The van der Waals surface area contributed by atoms with Crippen LogP contribution in [0.5, 0.6) is 0 Å². The van der Waals surface area contributed by atoms with Crippen LogP contribution in [0.15, 0.2) is 38.1 Å². The van der Waals surface area contributed by atoms with Crippen LogP contribution < -0.4 is 5.56 Å². The van der Waals surface area contributed by atoms with Crippen LogP contribution in [-0.2, 0) is 0 Å². The predicted molar refractivity (Wildman–Crippen MR) is 74.7 cm³/mol.